The molecule has 10 heteroatoms. The number of H-pyrrole nitrogens is 1. The van der Waals surface area contributed by atoms with Crippen molar-refractivity contribution in [3.63, 3.8) is 0 Å². The molecule has 5 N–H and O–H groups in total. The largest absolute Gasteiger partial charge is 0.381 e. The van der Waals surface area contributed by atoms with Gasteiger partial charge in [0.2, 0.25) is 0 Å². The molecule has 126 valence electrons. The Balaban J connectivity index is 1.63. The number of nitrogens with zero attached hydrogens (tertiary/aromatic N) is 2. The van der Waals surface area contributed by atoms with Crippen LogP contribution < -0.4 is 16.4 Å². The highest BCUT2D eigenvalue weighted by molar-refractivity contribution is 7.91. The molecule has 0 spiro atoms. The minimum absolute atomic E-state index is 0.00287. The number of aromatic nitrogens is 2. The first-order chi connectivity index (χ1) is 10.9. The second-order valence-corrected chi connectivity index (χ2v) is 7.81. The summed E-state index contributed by atoms with van der Waals surface area (Å²) in [5.41, 5.74) is 6.54. The number of nitrogens with one attached hydrogen (secondary N) is 3. The molecule has 1 aromatic rings. The predicted molar refractivity (Wildman–Crippen MR) is 84.2 cm³/mol. The molecule has 1 aliphatic rings. The third kappa shape index (κ3) is 4.85. The van der Waals surface area contributed by atoms with Gasteiger partial charge in [-0.25, -0.2) is 13.2 Å². The molecule has 0 saturated carbocycles. The summed E-state index contributed by atoms with van der Waals surface area (Å²) in [6.45, 7) is 0.791. The topological polar surface area (TPSA) is 154 Å². The molecule has 2 rings (SSSR count). The van der Waals surface area contributed by atoms with Gasteiger partial charge in [-0.1, -0.05) is 0 Å². The number of aryl methyl sites for hydroxylation is 1. The highest BCUT2D eigenvalue weighted by Gasteiger charge is 2.27. The van der Waals surface area contributed by atoms with Crippen LogP contribution >= 0.6 is 0 Å². The summed E-state index contributed by atoms with van der Waals surface area (Å²) in [5, 5.41) is 20.8. The Morgan fingerprint density at radius 1 is 1.48 bits per heavy atom. The molecule has 0 aromatic carbocycles. The fraction of sp³-hybridized carbons (Fsp3) is 0.615. The zero-order chi connectivity index (χ0) is 16.9. The number of nitriles is 1. The van der Waals surface area contributed by atoms with E-state index in [4.69, 9.17) is 11.0 Å². The number of anilines is 1. The molecule has 0 aliphatic carbocycles. The van der Waals surface area contributed by atoms with Crippen LogP contribution in [-0.2, 0) is 16.3 Å². The second-order valence-electron chi connectivity index (χ2n) is 5.58. The van der Waals surface area contributed by atoms with E-state index in [1.54, 1.807) is 0 Å². The zero-order valence-corrected chi connectivity index (χ0v) is 13.4. The number of nitrogen functional groups attached to an aromatic ring is 1. The SMILES string of the molecule is N#Cc1c(N)n[nH]c1CCCNC(=O)NCC1CCS(=O)(=O)C1. The van der Waals surface area contributed by atoms with Crippen LogP contribution in [0.5, 0.6) is 0 Å². The van der Waals surface area contributed by atoms with Gasteiger partial charge >= 0.3 is 6.03 Å². The molecule has 2 heterocycles. The van der Waals surface area contributed by atoms with Crippen molar-refractivity contribution in [1.29, 1.82) is 5.26 Å². The first-order valence-corrected chi connectivity index (χ1v) is 9.18. The van der Waals surface area contributed by atoms with Crippen LogP contribution in [0.1, 0.15) is 24.1 Å². The van der Waals surface area contributed by atoms with Gasteiger partial charge in [0.15, 0.2) is 15.7 Å². The van der Waals surface area contributed by atoms with Crippen molar-refractivity contribution >= 4 is 21.7 Å². The lowest BCUT2D eigenvalue weighted by Crippen LogP contribution is -2.39. The molecule has 9 nitrogen and oxygen atoms in total. The summed E-state index contributed by atoms with van der Waals surface area (Å²) in [7, 11) is -2.92. The number of hydrogen-bond acceptors (Lipinski definition) is 6. The average Bonchev–Trinajstić information content (AvgIpc) is 3.03. The molecule has 0 radical (unpaired) electrons. The predicted octanol–water partition coefficient (Wildman–Crippen LogP) is -0.470. The van der Waals surface area contributed by atoms with Crippen LogP contribution in [0, 0.1) is 17.2 Å². The molecule has 1 aromatic heterocycles. The van der Waals surface area contributed by atoms with Gasteiger partial charge < -0.3 is 16.4 Å². The van der Waals surface area contributed by atoms with Crippen LogP contribution in [0.2, 0.25) is 0 Å². The standard InChI is InChI=1S/C13H20N6O3S/c14-6-10-11(18-19-12(10)15)2-1-4-16-13(20)17-7-9-3-5-23(21,22)8-9/h9H,1-5,7-8H2,(H3,15,18,19)(H2,16,17,20). The first kappa shape index (κ1) is 17.1. The maximum atomic E-state index is 11.6. The fourth-order valence-corrected chi connectivity index (χ4v) is 4.36. The Labute approximate surface area is 134 Å². The van der Waals surface area contributed by atoms with Crippen molar-refractivity contribution in [3.8, 4) is 6.07 Å². The van der Waals surface area contributed by atoms with E-state index in [0.29, 0.717) is 43.6 Å². The van der Waals surface area contributed by atoms with E-state index < -0.39 is 9.84 Å². The van der Waals surface area contributed by atoms with Gasteiger partial charge in [0.1, 0.15) is 11.6 Å². The Kier molecular flexibility index (Phi) is 5.44. The van der Waals surface area contributed by atoms with Crippen molar-refractivity contribution in [2.24, 2.45) is 5.92 Å². The summed E-state index contributed by atoms with van der Waals surface area (Å²) in [6, 6.07) is 1.66. The number of aromatic amines is 1. The van der Waals surface area contributed by atoms with Crippen molar-refractivity contribution in [2.75, 3.05) is 30.3 Å². The second kappa shape index (κ2) is 7.32. The molecule has 1 fully saturated rings. The van der Waals surface area contributed by atoms with E-state index in [2.05, 4.69) is 20.8 Å². The van der Waals surface area contributed by atoms with Crippen LogP contribution in [0.15, 0.2) is 0 Å². The van der Waals surface area contributed by atoms with Gasteiger partial charge in [-0.2, -0.15) is 10.4 Å². The van der Waals surface area contributed by atoms with Gasteiger partial charge in [-0.05, 0) is 25.2 Å². The monoisotopic (exact) mass is 340 g/mol. The number of carbonyl (C=O) groups excluding carboxylic acids is 1. The van der Waals surface area contributed by atoms with E-state index in [1.165, 1.54) is 0 Å². The lowest BCUT2D eigenvalue weighted by molar-refractivity contribution is 0.239. The van der Waals surface area contributed by atoms with Crippen LogP contribution in [0.3, 0.4) is 0 Å². The van der Waals surface area contributed by atoms with E-state index >= 15 is 0 Å². The molecule has 1 aliphatic heterocycles. The minimum Gasteiger partial charge on any atom is -0.381 e. The summed E-state index contributed by atoms with van der Waals surface area (Å²) >= 11 is 0. The Morgan fingerprint density at radius 3 is 2.91 bits per heavy atom. The maximum absolute atomic E-state index is 11.6. The summed E-state index contributed by atoms with van der Waals surface area (Å²) < 4.78 is 22.6. The average molecular weight is 340 g/mol. The maximum Gasteiger partial charge on any atom is 0.314 e. The number of rotatable bonds is 6. The number of amides is 2. The third-order valence-electron chi connectivity index (χ3n) is 3.75. The number of sulfone groups is 1. The van der Waals surface area contributed by atoms with Crippen molar-refractivity contribution in [3.05, 3.63) is 11.3 Å². The van der Waals surface area contributed by atoms with E-state index in [1.807, 2.05) is 6.07 Å². The number of hydrogen-bond donors (Lipinski definition) is 4. The Bertz CT molecular complexity index is 706. The highest BCUT2D eigenvalue weighted by Crippen LogP contribution is 2.17. The number of urea groups is 1. The van der Waals surface area contributed by atoms with Crippen molar-refractivity contribution in [1.82, 2.24) is 20.8 Å². The minimum atomic E-state index is -2.92. The van der Waals surface area contributed by atoms with Gasteiger partial charge in [0, 0.05) is 13.1 Å². The first-order valence-electron chi connectivity index (χ1n) is 7.36. The van der Waals surface area contributed by atoms with Crippen LogP contribution in [0.25, 0.3) is 0 Å². The van der Waals surface area contributed by atoms with Gasteiger partial charge in [-0.3, -0.25) is 5.10 Å². The van der Waals surface area contributed by atoms with Crippen LogP contribution in [0.4, 0.5) is 10.6 Å². The highest BCUT2D eigenvalue weighted by atomic mass is 32.2. The van der Waals surface area contributed by atoms with Gasteiger partial charge in [-0.15, -0.1) is 0 Å². The molecule has 1 unspecified atom stereocenters. The van der Waals surface area contributed by atoms with E-state index in [0.717, 1.165) is 0 Å². The Morgan fingerprint density at radius 2 is 2.26 bits per heavy atom. The Hall–Kier alpha value is -2.28. The molecule has 0 bridgehead atoms. The molecule has 1 saturated heterocycles. The summed E-state index contributed by atoms with van der Waals surface area (Å²) in [5.74, 6) is 0.526. The quantitative estimate of drug-likeness (QED) is 0.513. The third-order valence-corrected chi connectivity index (χ3v) is 5.59. The smallest absolute Gasteiger partial charge is 0.314 e. The van der Waals surface area contributed by atoms with Crippen molar-refractivity contribution < 1.29 is 13.2 Å². The number of nitrogens with two attached hydrogens (primary N) is 1. The van der Waals surface area contributed by atoms with Gasteiger partial charge in [0.25, 0.3) is 0 Å². The van der Waals surface area contributed by atoms with E-state index in [9.17, 15) is 13.2 Å². The summed E-state index contributed by atoms with van der Waals surface area (Å²) in [6.07, 6.45) is 1.77. The normalized spacial score (nSPS) is 19.2. The van der Waals surface area contributed by atoms with Crippen LogP contribution in [-0.4, -0.2) is 49.2 Å². The van der Waals surface area contributed by atoms with E-state index in [-0.39, 0.29) is 29.3 Å². The molecular formula is C13H20N6O3S. The lowest BCUT2D eigenvalue weighted by Gasteiger charge is -2.10. The molecule has 2 amide bonds. The van der Waals surface area contributed by atoms with Gasteiger partial charge in [0.05, 0.1) is 17.2 Å². The molecule has 23 heavy (non-hydrogen) atoms. The fourth-order valence-electron chi connectivity index (χ4n) is 2.50. The summed E-state index contributed by atoms with van der Waals surface area (Å²) in [4.78, 5) is 11.6. The number of carbonyl (C=O) groups is 1. The lowest BCUT2D eigenvalue weighted by atomic mass is 10.1. The molecule has 1 atom stereocenters. The van der Waals surface area contributed by atoms with Crippen molar-refractivity contribution in [2.45, 2.75) is 19.3 Å². The zero-order valence-electron chi connectivity index (χ0n) is 12.6. The molecular weight excluding hydrogens is 320 g/mol.